The average molecular weight is 393 g/mol. The van der Waals surface area contributed by atoms with Crippen LogP contribution >= 0.6 is 12.4 Å². The number of hydrogen-bond donors (Lipinski definition) is 2. The largest absolute Gasteiger partial charge is 0.493 e. The highest BCUT2D eigenvalue weighted by molar-refractivity contribution is 5.85. The van der Waals surface area contributed by atoms with E-state index in [0.29, 0.717) is 18.0 Å². The number of benzene rings is 2. The van der Waals surface area contributed by atoms with Gasteiger partial charge in [0.05, 0.1) is 7.11 Å². The van der Waals surface area contributed by atoms with Gasteiger partial charge in [-0.15, -0.1) is 12.4 Å². The molecule has 0 bridgehead atoms. The molecule has 0 unspecified atom stereocenters. The molecule has 0 fully saturated rings. The molecular formula is C21H29ClN2O3. The minimum Gasteiger partial charge on any atom is -0.493 e. The summed E-state index contributed by atoms with van der Waals surface area (Å²) in [6.07, 6.45) is 0. The second-order valence-electron chi connectivity index (χ2n) is 7.12. The van der Waals surface area contributed by atoms with Crippen molar-refractivity contribution in [3.63, 3.8) is 0 Å². The summed E-state index contributed by atoms with van der Waals surface area (Å²) in [5.74, 6) is 1.05. The standard InChI is InChI=1S/C21H28N2O3.ClH/c1-21(2,3)23-19(24)15-26-20-17(11-8-12-18(20)25-4)14-22-13-16-9-6-5-7-10-16;/h5-12,22H,13-15H2,1-4H3,(H,23,24);1H. The van der Waals surface area contributed by atoms with Crippen molar-refractivity contribution in [2.75, 3.05) is 13.7 Å². The van der Waals surface area contributed by atoms with E-state index in [1.807, 2.05) is 57.2 Å². The minimum atomic E-state index is -0.290. The first kappa shape index (κ1) is 22.8. The van der Waals surface area contributed by atoms with E-state index in [9.17, 15) is 4.79 Å². The molecule has 0 aliphatic carbocycles. The zero-order chi connectivity index (χ0) is 19.0. The second kappa shape index (κ2) is 10.8. The Balaban J connectivity index is 0.00000364. The van der Waals surface area contributed by atoms with Gasteiger partial charge in [0, 0.05) is 24.2 Å². The van der Waals surface area contributed by atoms with Crippen LogP contribution in [0.1, 0.15) is 31.9 Å². The van der Waals surface area contributed by atoms with E-state index in [2.05, 4.69) is 22.8 Å². The summed E-state index contributed by atoms with van der Waals surface area (Å²) in [4.78, 5) is 12.0. The Kier molecular flexibility index (Phi) is 9.12. The van der Waals surface area contributed by atoms with Crippen LogP contribution in [0.4, 0.5) is 0 Å². The third kappa shape index (κ3) is 7.89. The Morgan fingerprint density at radius 3 is 2.33 bits per heavy atom. The summed E-state index contributed by atoms with van der Waals surface area (Å²) < 4.78 is 11.2. The Labute approximate surface area is 167 Å². The highest BCUT2D eigenvalue weighted by Crippen LogP contribution is 2.31. The number of carbonyl (C=O) groups excluding carboxylic acids is 1. The van der Waals surface area contributed by atoms with Gasteiger partial charge in [-0.3, -0.25) is 4.79 Å². The quantitative estimate of drug-likeness (QED) is 0.719. The van der Waals surface area contributed by atoms with Crippen LogP contribution in [0, 0.1) is 0 Å². The van der Waals surface area contributed by atoms with Crippen molar-refractivity contribution in [2.24, 2.45) is 0 Å². The van der Waals surface area contributed by atoms with Crippen molar-refractivity contribution in [2.45, 2.75) is 39.4 Å². The number of methoxy groups -OCH3 is 1. The second-order valence-corrected chi connectivity index (χ2v) is 7.12. The van der Waals surface area contributed by atoms with E-state index in [0.717, 1.165) is 12.1 Å². The maximum absolute atomic E-state index is 12.0. The van der Waals surface area contributed by atoms with Gasteiger partial charge in [0.1, 0.15) is 0 Å². The Hall–Kier alpha value is -2.24. The van der Waals surface area contributed by atoms with Crippen LogP contribution in [0.3, 0.4) is 0 Å². The lowest BCUT2D eigenvalue weighted by Gasteiger charge is -2.21. The van der Waals surface area contributed by atoms with E-state index in [1.165, 1.54) is 5.56 Å². The summed E-state index contributed by atoms with van der Waals surface area (Å²) >= 11 is 0. The highest BCUT2D eigenvalue weighted by atomic mass is 35.5. The lowest BCUT2D eigenvalue weighted by atomic mass is 10.1. The van der Waals surface area contributed by atoms with Gasteiger partial charge in [0.25, 0.3) is 5.91 Å². The molecule has 0 aliphatic rings. The van der Waals surface area contributed by atoms with Gasteiger partial charge in [0.2, 0.25) is 0 Å². The number of para-hydroxylation sites is 1. The summed E-state index contributed by atoms with van der Waals surface area (Å²) in [6, 6.07) is 15.9. The van der Waals surface area contributed by atoms with E-state index in [4.69, 9.17) is 9.47 Å². The maximum Gasteiger partial charge on any atom is 0.258 e. The van der Waals surface area contributed by atoms with Crippen LogP contribution in [-0.4, -0.2) is 25.2 Å². The molecule has 2 aromatic rings. The topological polar surface area (TPSA) is 59.6 Å². The first-order valence-electron chi connectivity index (χ1n) is 8.73. The number of ether oxygens (including phenoxy) is 2. The molecule has 0 atom stereocenters. The predicted octanol–water partition coefficient (Wildman–Crippen LogP) is 3.70. The van der Waals surface area contributed by atoms with Gasteiger partial charge < -0.3 is 20.1 Å². The Bertz CT molecular complexity index is 715. The molecule has 5 nitrogen and oxygen atoms in total. The number of carbonyl (C=O) groups is 1. The van der Waals surface area contributed by atoms with Crippen LogP contribution in [0.2, 0.25) is 0 Å². The summed E-state index contributed by atoms with van der Waals surface area (Å²) in [5, 5.41) is 6.29. The van der Waals surface area contributed by atoms with Crippen molar-refractivity contribution in [3.05, 3.63) is 59.7 Å². The van der Waals surface area contributed by atoms with E-state index in [1.54, 1.807) is 7.11 Å². The number of nitrogens with one attached hydrogen (secondary N) is 2. The van der Waals surface area contributed by atoms with Crippen LogP contribution < -0.4 is 20.1 Å². The number of hydrogen-bond acceptors (Lipinski definition) is 4. The van der Waals surface area contributed by atoms with Crippen molar-refractivity contribution in [1.29, 1.82) is 0 Å². The fourth-order valence-corrected chi connectivity index (χ4v) is 2.55. The molecule has 0 heterocycles. The molecule has 1 amide bonds. The lowest BCUT2D eigenvalue weighted by Crippen LogP contribution is -2.43. The molecule has 2 rings (SSSR count). The highest BCUT2D eigenvalue weighted by Gasteiger charge is 2.16. The fraction of sp³-hybridized carbons (Fsp3) is 0.381. The fourth-order valence-electron chi connectivity index (χ4n) is 2.55. The van der Waals surface area contributed by atoms with Gasteiger partial charge in [-0.2, -0.15) is 0 Å². The van der Waals surface area contributed by atoms with Gasteiger partial charge in [-0.1, -0.05) is 42.5 Å². The van der Waals surface area contributed by atoms with Gasteiger partial charge in [0.15, 0.2) is 18.1 Å². The molecule has 2 N–H and O–H groups in total. The third-order valence-corrected chi connectivity index (χ3v) is 3.63. The summed E-state index contributed by atoms with van der Waals surface area (Å²) in [6.45, 7) is 7.13. The number of amides is 1. The van der Waals surface area contributed by atoms with Crippen molar-refractivity contribution >= 4 is 18.3 Å². The maximum atomic E-state index is 12.0. The average Bonchev–Trinajstić information content (AvgIpc) is 2.59. The van der Waals surface area contributed by atoms with Gasteiger partial charge in [-0.05, 0) is 32.4 Å². The minimum absolute atomic E-state index is 0. The van der Waals surface area contributed by atoms with E-state index >= 15 is 0 Å². The molecule has 148 valence electrons. The normalized spacial score (nSPS) is 10.7. The molecule has 0 saturated carbocycles. The van der Waals surface area contributed by atoms with Crippen LogP contribution in [0.15, 0.2) is 48.5 Å². The molecule has 0 aliphatic heterocycles. The molecule has 27 heavy (non-hydrogen) atoms. The van der Waals surface area contributed by atoms with Crippen molar-refractivity contribution < 1.29 is 14.3 Å². The number of halogens is 1. The Morgan fingerprint density at radius 2 is 1.70 bits per heavy atom. The van der Waals surface area contributed by atoms with Gasteiger partial charge >= 0.3 is 0 Å². The zero-order valence-electron chi connectivity index (χ0n) is 16.4. The summed E-state index contributed by atoms with van der Waals surface area (Å²) in [7, 11) is 1.60. The first-order valence-corrected chi connectivity index (χ1v) is 8.73. The van der Waals surface area contributed by atoms with E-state index in [-0.39, 0.29) is 30.5 Å². The van der Waals surface area contributed by atoms with Crippen LogP contribution in [0.5, 0.6) is 11.5 Å². The van der Waals surface area contributed by atoms with Crippen molar-refractivity contribution in [3.8, 4) is 11.5 Å². The molecule has 0 radical (unpaired) electrons. The van der Waals surface area contributed by atoms with Gasteiger partial charge in [-0.25, -0.2) is 0 Å². The van der Waals surface area contributed by atoms with Crippen LogP contribution in [0.25, 0.3) is 0 Å². The molecule has 0 spiro atoms. The zero-order valence-corrected chi connectivity index (χ0v) is 17.2. The smallest absolute Gasteiger partial charge is 0.258 e. The predicted molar refractivity (Wildman–Crippen MR) is 111 cm³/mol. The molecular weight excluding hydrogens is 364 g/mol. The lowest BCUT2D eigenvalue weighted by molar-refractivity contribution is -0.124. The van der Waals surface area contributed by atoms with Crippen LogP contribution in [-0.2, 0) is 17.9 Å². The first-order chi connectivity index (χ1) is 12.4. The van der Waals surface area contributed by atoms with E-state index < -0.39 is 0 Å². The molecule has 0 saturated heterocycles. The summed E-state index contributed by atoms with van der Waals surface area (Å²) in [5.41, 5.74) is 1.87. The third-order valence-electron chi connectivity index (χ3n) is 3.63. The monoisotopic (exact) mass is 392 g/mol. The Morgan fingerprint density at radius 1 is 1.00 bits per heavy atom. The molecule has 0 aromatic heterocycles. The van der Waals surface area contributed by atoms with Crippen molar-refractivity contribution in [1.82, 2.24) is 10.6 Å². The molecule has 2 aromatic carbocycles. The number of rotatable bonds is 8. The molecule has 6 heteroatoms. The SMILES string of the molecule is COc1cccc(CNCc2ccccc2)c1OCC(=O)NC(C)(C)C.Cl.